The molecular formula is C15H28N2O. The highest BCUT2D eigenvalue weighted by Crippen LogP contribution is 2.27. The summed E-state index contributed by atoms with van der Waals surface area (Å²) < 4.78 is 0. The minimum atomic E-state index is 0.107. The molecule has 2 saturated heterocycles. The summed E-state index contributed by atoms with van der Waals surface area (Å²) in [6.45, 7) is 9.54. The third kappa shape index (κ3) is 3.71. The van der Waals surface area contributed by atoms with E-state index in [0.717, 1.165) is 19.6 Å². The van der Waals surface area contributed by atoms with Gasteiger partial charge in [0.2, 0.25) is 5.91 Å². The van der Waals surface area contributed by atoms with Crippen LogP contribution < -0.4 is 5.32 Å². The molecule has 1 N–H and O–H groups in total. The molecule has 3 heteroatoms. The van der Waals surface area contributed by atoms with Crippen molar-refractivity contribution >= 4 is 5.91 Å². The van der Waals surface area contributed by atoms with Gasteiger partial charge in [0, 0.05) is 25.6 Å². The van der Waals surface area contributed by atoms with E-state index < -0.39 is 0 Å². The fourth-order valence-corrected chi connectivity index (χ4v) is 3.24. The van der Waals surface area contributed by atoms with Gasteiger partial charge in [-0.3, -0.25) is 4.79 Å². The zero-order chi connectivity index (χ0) is 13.2. The molecule has 2 fully saturated rings. The molecule has 2 aliphatic heterocycles. The highest BCUT2D eigenvalue weighted by Gasteiger charge is 2.31. The Bertz CT molecular complexity index is 289. The van der Waals surface area contributed by atoms with E-state index in [-0.39, 0.29) is 5.41 Å². The summed E-state index contributed by atoms with van der Waals surface area (Å²) in [5.74, 6) is 1.04. The molecule has 0 aromatic carbocycles. The second-order valence-corrected chi connectivity index (χ2v) is 7.18. The van der Waals surface area contributed by atoms with Gasteiger partial charge in [-0.2, -0.15) is 0 Å². The smallest absolute Gasteiger partial charge is 0.223 e. The number of likely N-dealkylation sites (tertiary alicyclic amines) is 1. The van der Waals surface area contributed by atoms with Crippen LogP contribution in [0.15, 0.2) is 0 Å². The number of hydrogen-bond donors (Lipinski definition) is 1. The van der Waals surface area contributed by atoms with Crippen molar-refractivity contribution in [1.29, 1.82) is 0 Å². The fraction of sp³-hybridized carbons (Fsp3) is 0.933. The van der Waals surface area contributed by atoms with Gasteiger partial charge in [0.25, 0.3) is 0 Å². The second kappa shape index (κ2) is 5.60. The Morgan fingerprint density at radius 3 is 2.67 bits per heavy atom. The number of nitrogens with one attached hydrogen (secondary N) is 1. The first-order chi connectivity index (χ1) is 8.46. The molecule has 0 radical (unpaired) electrons. The molecule has 3 nitrogen and oxygen atoms in total. The van der Waals surface area contributed by atoms with E-state index in [9.17, 15) is 4.79 Å². The molecule has 2 rings (SSSR count). The van der Waals surface area contributed by atoms with Gasteiger partial charge in [0.15, 0.2) is 0 Å². The SMILES string of the molecule is CC(C)(C)CC(=O)N1CCCC(C2CCCN2)C1. The summed E-state index contributed by atoms with van der Waals surface area (Å²) in [5, 5.41) is 3.60. The first-order valence-electron chi connectivity index (χ1n) is 7.47. The molecule has 2 aliphatic rings. The Balaban J connectivity index is 1.87. The van der Waals surface area contributed by atoms with Crippen molar-refractivity contribution in [2.45, 2.75) is 58.9 Å². The Kier molecular flexibility index (Phi) is 4.31. The quantitative estimate of drug-likeness (QED) is 0.818. The van der Waals surface area contributed by atoms with Gasteiger partial charge in [-0.25, -0.2) is 0 Å². The molecule has 0 saturated carbocycles. The lowest BCUT2D eigenvalue weighted by atomic mass is 9.87. The van der Waals surface area contributed by atoms with E-state index in [1.807, 2.05) is 0 Å². The number of piperidine rings is 1. The predicted molar refractivity (Wildman–Crippen MR) is 74.4 cm³/mol. The van der Waals surface area contributed by atoms with Crippen LogP contribution in [0.1, 0.15) is 52.9 Å². The van der Waals surface area contributed by atoms with E-state index >= 15 is 0 Å². The van der Waals surface area contributed by atoms with Crippen LogP contribution in [-0.2, 0) is 4.79 Å². The van der Waals surface area contributed by atoms with Crippen molar-refractivity contribution in [3.05, 3.63) is 0 Å². The standard InChI is InChI=1S/C15H28N2O/c1-15(2,3)10-14(18)17-9-5-6-12(11-17)13-7-4-8-16-13/h12-13,16H,4-11H2,1-3H3. The molecule has 0 aromatic rings. The van der Waals surface area contributed by atoms with Crippen molar-refractivity contribution in [3.8, 4) is 0 Å². The van der Waals surface area contributed by atoms with Crippen molar-refractivity contribution in [2.75, 3.05) is 19.6 Å². The molecule has 0 bridgehead atoms. The maximum Gasteiger partial charge on any atom is 0.223 e. The van der Waals surface area contributed by atoms with Crippen LogP contribution in [0.3, 0.4) is 0 Å². The predicted octanol–water partition coefficient (Wildman–Crippen LogP) is 2.41. The molecule has 0 aromatic heterocycles. The summed E-state index contributed by atoms with van der Waals surface area (Å²) in [7, 11) is 0. The third-order valence-corrected chi connectivity index (χ3v) is 4.16. The number of carbonyl (C=O) groups is 1. The van der Waals surface area contributed by atoms with E-state index in [1.54, 1.807) is 0 Å². The van der Waals surface area contributed by atoms with Gasteiger partial charge in [-0.15, -0.1) is 0 Å². The van der Waals surface area contributed by atoms with Crippen LogP contribution in [-0.4, -0.2) is 36.5 Å². The van der Waals surface area contributed by atoms with Crippen LogP contribution in [0.4, 0.5) is 0 Å². The summed E-state index contributed by atoms with van der Waals surface area (Å²) >= 11 is 0. The minimum Gasteiger partial charge on any atom is -0.342 e. The monoisotopic (exact) mass is 252 g/mol. The first kappa shape index (κ1) is 13.9. The van der Waals surface area contributed by atoms with E-state index in [1.165, 1.54) is 25.7 Å². The van der Waals surface area contributed by atoms with Crippen molar-refractivity contribution in [2.24, 2.45) is 11.3 Å². The Labute approximate surface area is 111 Å². The lowest BCUT2D eigenvalue weighted by molar-refractivity contribution is -0.135. The van der Waals surface area contributed by atoms with Crippen LogP contribution in [0, 0.1) is 11.3 Å². The number of rotatable bonds is 2. The van der Waals surface area contributed by atoms with Crippen LogP contribution in [0.25, 0.3) is 0 Å². The van der Waals surface area contributed by atoms with Crippen LogP contribution in [0.2, 0.25) is 0 Å². The Morgan fingerprint density at radius 1 is 1.28 bits per heavy atom. The van der Waals surface area contributed by atoms with Crippen LogP contribution >= 0.6 is 0 Å². The van der Waals surface area contributed by atoms with Crippen molar-refractivity contribution < 1.29 is 4.79 Å². The molecule has 2 atom stereocenters. The number of nitrogens with zero attached hydrogens (tertiary/aromatic N) is 1. The highest BCUT2D eigenvalue weighted by molar-refractivity contribution is 5.76. The molecule has 104 valence electrons. The molecule has 0 aliphatic carbocycles. The maximum absolute atomic E-state index is 12.3. The van der Waals surface area contributed by atoms with Crippen LogP contribution in [0.5, 0.6) is 0 Å². The molecule has 1 amide bonds. The number of amides is 1. The molecule has 2 heterocycles. The minimum absolute atomic E-state index is 0.107. The molecule has 2 unspecified atom stereocenters. The number of carbonyl (C=O) groups excluding carboxylic acids is 1. The maximum atomic E-state index is 12.3. The van der Waals surface area contributed by atoms with Gasteiger partial charge in [-0.1, -0.05) is 20.8 Å². The average molecular weight is 252 g/mol. The molecule has 0 spiro atoms. The van der Waals surface area contributed by atoms with Gasteiger partial charge in [0.05, 0.1) is 0 Å². The summed E-state index contributed by atoms with van der Waals surface area (Å²) in [6, 6.07) is 0.662. The van der Waals surface area contributed by atoms with E-state index in [4.69, 9.17) is 0 Å². The van der Waals surface area contributed by atoms with Crippen molar-refractivity contribution in [3.63, 3.8) is 0 Å². The average Bonchev–Trinajstić information content (AvgIpc) is 2.80. The number of hydrogen-bond acceptors (Lipinski definition) is 2. The normalized spacial score (nSPS) is 29.6. The lowest BCUT2D eigenvalue weighted by Crippen LogP contribution is -2.46. The van der Waals surface area contributed by atoms with Crippen molar-refractivity contribution in [1.82, 2.24) is 10.2 Å². The summed E-state index contributed by atoms with van der Waals surface area (Å²) in [5.41, 5.74) is 0.107. The van der Waals surface area contributed by atoms with Gasteiger partial charge < -0.3 is 10.2 Å². The molecular weight excluding hydrogens is 224 g/mol. The van der Waals surface area contributed by atoms with E-state index in [2.05, 4.69) is 31.0 Å². The molecule has 18 heavy (non-hydrogen) atoms. The highest BCUT2D eigenvalue weighted by atomic mass is 16.2. The Morgan fingerprint density at radius 2 is 2.06 bits per heavy atom. The Hall–Kier alpha value is -0.570. The first-order valence-corrected chi connectivity index (χ1v) is 7.47. The van der Waals surface area contributed by atoms with Gasteiger partial charge in [0.1, 0.15) is 0 Å². The lowest BCUT2D eigenvalue weighted by Gasteiger charge is -2.37. The van der Waals surface area contributed by atoms with E-state index in [0.29, 0.717) is 24.3 Å². The largest absolute Gasteiger partial charge is 0.342 e. The third-order valence-electron chi connectivity index (χ3n) is 4.16. The zero-order valence-corrected chi connectivity index (χ0v) is 12.2. The fourth-order valence-electron chi connectivity index (χ4n) is 3.24. The zero-order valence-electron chi connectivity index (χ0n) is 12.2. The summed E-state index contributed by atoms with van der Waals surface area (Å²) in [6.07, 6.45) is 5.75. The van der Waals surface area contributed by atoms with Gasteiger partial charge in [-0.05, 0) is 43.6 Å². The summed E-state index contributed by atoms with van der Waals surface area (Å²) in [4.78, 5) is 14.4. The topological polar surface area (TPSA) is 32.3 Å². The van der Waals surface area contributed by atoms with Gasteiger partial charge >= 0.3 is 0 Å². The second-order valence-electron chi connectivity index (χ2n) is 7.18.